The van der Waals surface area contributed by atoms with Crippen molar-refractivity contribution in [2.45, 2.75) is 31.7 Å². The Labute approximate surface area is 107 Å². The topological polar surface area (TPSA) is 53.6 Å². The van der Waals surface area contributed by atoms with Crippen molar-refractivity contribution in [3.05, 3.63) is 36.2 Å². The third kappa shape index (κ3) is 2.04. The third-order valence-corrected chi connectivity index (χ3v) is 3.66. The van der Waals surface area contributed by atoms with Crippen molar-refractivity contribution < 1.29 is 0 Å². The molecule has 1 aliphatic rings. The lowest BCUT2D eigenvalue weighted by atomic mass is 9.90. The molecule has 2 heterocycles. The molecule has 1 fully saturated rings. The lowest BCUT2D eigenvalue weighted by Crippen LogP contribution is -2.44. The van der Waals surface area contributed by atoms with Crippen LogP contribution < -0.4 is 5.32 Å². The molecule has 0 aliphatic carbocycles. The molecular weight excluding hydrogens is 224 g/mol. The Balaban J connectivity index is 1.89. The average molecular weight is 242 g/mol. The highest BCUT2D eigenvalue weighted by atomic mass is 15.2. The van der Waals surface area contributed by atoms with Crippen LogP contribution in [0.25, 0.3) is 11.4 Å². The molecule has 0 bridgehead atoms. The molecular formula is C14H18N4. The molecule has 1 unspecified atom stereocenters. The fraction of sp³-hybridized carbons (Fsp3) is 0.429. The van der Waals surface area contributed by atoms with Crippen molar-refractivity contribution in [1.29, 1.82) is 0 Å². The monoisotopic (exact) mass is 242 g/mol. The molecule has 18 heavy (non-hydrogen) atoms. The predicted octanol–water partition coefficient (Wildman–Crippen LogP) is 2.46. The highest BCUT2D eigenvalue weighted by Gasteiger charge is 2.31. The Bertz CT molecular complexity index is 512. The van der Waals surface area contributed by atoms with Crippen LogP contribution in [0.4, 0.5) is 0 Å². The largest absolute Gasteiger partial charge is 0.305 e. The van der Waals surface area contributed by atoms with Gasteiger partial charge in [-0.25, -0.2) is 4.98 Å². The van der Waals surface area contributed by atoms with Gasteiger partial charge in [0.05, 0.1) is 5.54 Å². The third-order valence-electron chi connectivity index (χ3n) is 3.66. The Kier molecular flexibility index (Phi) is 2.88. The van der Waals surface area contributed by atoms with Crippen molar-refractivity contribution in [3.8, 4) is 11.4 Å². The molecule has 1 aromatic carbocycles. The Hall–Kier alpha value is -1.68. The van der Waals surface area contributed by atoms with Gasteiger partial charge in [0.1, 0.15) is 5.82 Å². The smallest absolute Gasteiger partial charge is 0.181 e. The van der Waals surface area contributed by atoms with E-state index < -0.39 is 0 Å². The highest BCUT2D eigenvalue weighted by molar-refractivity contribution is 5.54. The minimum Gasteiger partial charge on any atom is -0.305 e. The minimum atomic E-state index is -0.0573. The zero-order chi connectivity index (χ0) is 12.4. The van der Waals surface area contributed by atoms with Crippen LogP contribution in [-0.2, 0) is 5.54 Å². The summed E-state index contributed by atoms with van der Waals surface area (Å²) in [5, 5.41) is 11.0. The van der Waals surface area contributed by atoms with Gasteiger partial charge in [0, 0.05) is 5.56 Å². The summed E-state index contributed by atoms with van der Waals surface area (Å²) in [7, 11) is 0. The van der Waals surface area contributed by atoms with Gasteiger partial charge in [-0.1, -0.05) is 30.3 Å². The first kappa shape index (κ1) is 11.4. The number of hydrogen-bond acceptors (Lipinski definition) is 3. The number of H-pyrrole nitrogens is 1. The number of hydrogen-bond donors (Lipinski definition) is 2. The van der Waals surface area contributed by atoms with Crippen LogP contribution in [0, 0.1) is 0 Å². The predicted molar refractivity (Wildman–Crippen MR) is 71.0 cm³/mol. The van der Waals surface area contributed by atoms with Gasteiger partial charge in [-0.05, 0) is 32.7 Å². The fourth-order valence-electron chi connectivity index (χ4n) is 2.48. The maximum absolute atomic E-state index is 4.65. The second kappa shape index (κ2) is 4.53. The molecule has 0 radical (unpaired) electrons. The molecule has 2 N–H and O–H groups in total. The number of benzene rings is 1. The molecule has 1 saturated heterocycles. The quantitative estimate of drug-likeness (QED) is 0.850. The number of rotatable bonds is 2. The van der Waals surface area contributed by atoms with Crippen molar-refractivity contribution >= 4 is 0 Å². The van der Waals surface area contributed by atoms with Crippen molar-refractivity contribution in [1.82, 2.24) is 20.5 Å². The van der Waals surface area contributed by atoms with Gasteiger partial charge in [-0.15, -0.1) is 0 Å². The van der Waals surface area contributed by atoms with Crippen LogP contribution in [0.2, 0.25) is 0 Å². The van der Waals surface area contributed by atoms with Gasteiger partial charge in [-0.2, -0.15) is 5.10 Å². The number of aromatic nitrogens is 3. The van der Waals surface area contributed by atoms with Crippen molar-refractivity contribution in [2.24, 2.45) is 0 Å². The summed E-state index contributed by atoms with van der Waals surface area (Å²) in [6, 6.07) is 10.1. The standard InChI is InChI=1S/C14H18N4/c1-14(9-5-6-10-15-14)13-16-12(17-18-13)11-7-3-2-4-8-11/h2-4,7-8,15H,5-6,9-10H2,1H3,(H,16,17,18). The van der Waals surface area contributed by atoms with Crippen molar-refractivity contribution in [3.63, 3.8) is 0 Å². The summed E-state index contributed by atoms with van der Waals surface area (Å²) in [5.74, 6) is 1.72. The summed E-state index contributed by atoms with van der Waals surface area (Å²) in [5.41, 5.74) is 0.998. The first-order valence-electron chi connectivity index (χ1n) is 6.51. The van der Waals surface area contributed by atoms with E-state index >= 15 is 0 Å². The fourth-order valence-corrected chi connectivity index (χ4v) is 2.48. The van der Waals surface area contributed by atoms with Gasteiger partial charge >= 0.3 is 0 Å². The van der Waals surface area contributed by atoms with E-state index in [9.17, 15) is 0 Å². The zero-order valence-corrected chi connectivity index (χ0v) is 10.6. The lowest BCUT2D eigenvalue weighted by Gasteiger charge is -2.32. The van der Waals surface area contributed by atoms with Crippen LogP contribution in [-0.4, -0.2) is 21.7 Å². The lowest BCUT2D eigenvalue weighted by molar-refractivity contribution is 0.269. The molecule has 1 atom stereocenters. The Morgan fingerprint density at radius 1 is 1.17 bits per heavy atom. The van der Waals surface area contributed by atoms with Crippen LogP contribution in [0.15, 0.2) is 30.3 Å². The van der Waals surface area contributed by atoms with Gasteiger partial charge in [-0.3, -0.25) is 5.10 Å². The summed E-state index contributed by atoms with van der Waals surface area (Å²) in [6.45, 7) is 3.25. The number of nitrogens with zero attached hydrogens (tertiary/aromatic N) is 2. The summed E-state index contributed by atoms with van der Waals surface area (Å²) < 4.78 is 0. The maximum atomic E-state index is 4.65. The van der Waals surface area contributed by atoms with E-state index in [0.29, 0.717) is 0 Å². The average Bonchev–Trinajstić information content (AvgIpc) is 2.91. The van der Waals surface area contributed by atoms with Crippen LogP contribution in [0.1, 0.15) is 32.0 Å². The molecule has 0 spiro atoms. The SMILES string of the molecule is CC1(c2nc(-c3ccccc3)n[nH]2)CCCCN1. The van der Waals surface area contributed by atoms with E-state index in [1.165, 1.54) is 12.8 Å². The zero-order valence-electron chi connectivity index (χ0n) is 10.6. The summed E-state index contributed by atoms with van der Waals surface area (Å²) in [6.07, 6.45) is 3.59. The van der Waals surface area contributed by atoms with Gasteiger partial charge < -0.3 is 5.32 Å². The van der Waals surface area contributed by atoms with Crippen LogP contribution in [0.5, 0.6) is 0 Å². The molecule has 94 valence electrons. The van der Waals surface area contributed by atoms with Crippen LogP contribution in [0.3, 0.4) is 0 Å². The highest BCUT2D eigenvalue weighted by Crippen LogP contribution is 2.28. The second-order valence-electron chi connectivity index (χ2n) is 5.09. The first-order valence-corrected chi connectivity index (χ1v) is 6.51. The molecule has 1 aliphatic heterocycles. The molecule has 2 aromatic rings. The van der Waals surface area contributed by atoms with Crippen LogP contribution >= 0.6 is 0 Å². The van der Waals surface area contributed by atoms with E-state index in [2.05, 4.69) is 27.4 Å². The van der Waals surface area contributed by atoms with E-state index in [0.717, 1.165) is 30.2 Å². The van der Waals surface area contributed by atoms with E-state index in [1.54, 1.807) is 0 Å². The Morgan fingerprint density at radius 2 is 2.00 bits per heavy atom. The van der Waals surface area contributed by atoms with Gasteiger partial charge in [0.15, 0.2) is 5.82 Å². The normalized spacial score (nSPS) is 24.1. The van der Waals surface area contributed by atoms with E-state index in [1.807, 2.05) is 30.3 Å². The molecule has 0 saturated carbocycles. The van der Waals surface area contributed by atoms with E-state index in [-0.39, 0.29) is 5.54 Å². The molecule has 1 aromatic heterocycles. The summed E-state index contributed by atoms with van der Waals surface area (Å²) in [4.78, 5) is 4.65. The number of aromatic amines is 1. The number of nitrogens with one attached hydrogen (secondary N) is 2. The second-order valence-corrected chi connectivity index (χ2v) is 5.09. The maximum Gasteiger partial charge on any atom is 0.181 e. The van der Waals surface area contributed by atoms with Gasteiger partial charge in [0.25, 0.3) is 0 Å². The van der Waals surface area contributed by atoms with E-state index in [4.69, 9.17) is 0 Å². The molecule has 0 amide bonds. The Morgan fingerprint density at radius 3 is 2.72 bits per heavy atom. The van der Waals surface area contributed by atoms with Gasteiger partial charge in [0.2, 0.25) is 0 Å². The molecule has 4 heteroatoms. The minimum absolute atomic E-state index is 0.0573. The molecule has 3 rings (SSSR count). The van der Waals surface area contributed by atoms with Crippen molar-refractivity contribution in [2.75, 3.05) is 6.54 Å². The number of piperidine rings is 1. The molecule has 4 nitrogen and oxygen atoms in total. The summed E-state index contributed by atoms with van der Waals surface area (Å²) >= 11 is 0. The first-order chi connectivity index (χ1) is 8.78.